The minimum atomic E-state index is -3.92. The molecule has 2 aromatic rings. The van der Waals surface area contributed by atoms with E-state index < -0.39 is 77.0 Å². The highest BCUT2D eigenvalue weighted by Gasteiger charge is 2.62. The molecule has 0 spiro atoms. The Morgan fingerprint density at radius 3 is 2.44 bits per heavy atom. The zero-order chi connectivity index (χ0) is 48.4. The number of hydrogen-bond acceptors (Lipinski definition) is 11. The van der Waals surface area contributed by atoms with Crippen LogP contribution in [0, 0.1) is 17.8 Å². The van der Waals surface area contributed by atoms with Crippen molar-refractivity contribution < 1.29 is 46.2 Å². The molecule has 372 valence electrons. The molecule has 0 unspecified atom stereocenters. The molecule has 3 heterocycles. The van der Waals surface area contributed by atoms with E-state index in [4.69, 9.17) is 23.6 Å². The average Bonchev–Trinajstić information content (AvgIpc) is 4.08. The molecule has 5 fully saturated rings. The smallest absolute Gasteiger partial charge is 0.408 e. The van der Waals surface area contributed by atoms with E-state index in [-0.39, 0.29) is 42.4 Å². The number of aromatic nitrogens is 1. The molecule has 8 rings (SSSR count). The zero-order valence-electron chi connectivity index (χ0n) is 40.7. The van der Waals surface area contributed by atoms with Gasteiger partial charge in [0.1, 0.15) is 35.6 Å². The van der Waals surface area contributed by atoms with Crippen LogP contribution in [0.25, 0.3) is 10.9 Å². The maximum Gasteiger partial charge on any atom is 0.408 e. The summed E-state index contributed by atoms with van der Waals surface area (Å²) in [7, 11) is -5.82. The average molecular weight is 976 g/mol. The SMILES string of the molecule is C=C[C@@H]1C[C@]1(NC(=O)[C@@H]1C[C@@H]2CN1C(=O)[C@H](C1CCCC1)NC(=O)O[C@@H]1CCC[C@H]1CC/C=C/Cc1c(nc3ccccc3c1OCCCCO[Si](C)(C)C(C)(C)C)O2)C(=O)NS(=O)(=O)C1CC1. The third-order valence-electron chi connectivity index (χ3n) is 15.8. The Balaban J connectivity index is 1.12. The maximum atomic E-state index is 15.1. The van der Waals surface area contributed by atoms with Crippen molar-refractivity contribution in [1.82, 2.24) is 25.2 Å². The summed E-state index contributed by atoms with van der Waals surface area (Å²) < 4.78 is 54.3. The minimum Gasteiger partial charge on any atom is -0.492 e. The van der Waals surface area contributed by atoms with E-state index in [9.17, 15) is 22.8 Å². The van der Waals surface area contributed by atoms with Crippen molar-refractivity contribution in [3.05, 3.63) is 54.6 Å². The molecule has 3 N–H and O–H groups in total. The lowest BCUT2D eigenvalue weighted by atomic mass is 9.96. The Hall–Kier alpha value is -4.48. The van der Waals surface area contributed by atoms with Gasteiger partial charge >= 0.3 is 6.09 Å². The monoisotopic (exact) mass is 975 g/mol. The predicted octanol–water partition coefficient (Wildman–Crippen LogP) is 7.78. The topological polar surface area (TPSA) is 192 Å². The fourth-order valence-corrected chi connectivity index (χ4v) is 12.8. The van der Waals surface area contributed by atoms with E-state index in [1.165, 1.54) is 11.0 Å². The Labute approximate surface area is 403 Å². The second-order valence-corrected chi connectivity index (χ2v) is 28.4. The number of rotatable bonds is 14. The van der Waals surface area contributed by atoms with E-state index in [1.54, 1.807) is 0 Å². The Morgan fingerprint density at radius 2 is 1.72 bits per heavy atom. The number of para-hydroxylation sites is 1. The highest BCUT2D eigenvalue weighted by atomic mass is 32.2. The maximum absolute atomic E-state index is 15.1. The van der Waals surface area contributed by atoms with Crippen LogP contribution in [0.5, 0.6) is 11.6 Å². The van der Waals surface area contributed by atoms with Crippen LogP contribution in [0.3, 0.4) is 0 Å². The molecule has 15 nitrogen and oxygen atoms in total. The van der Waals surface area contributed by atoms with Gasteiger partial charge in [0.15, 0.2) is 8.32 Å². The molecule has 7 atom stereocenters. The molecule has 6 aliphatic rings. The summed E-state index contributed by atoms with van der Waals surface area (Å²) in [6.45, 7) is 16.2. The first kappa shape index (κ1) is 49.9. The van der Waals surface area contributed by atoms with Gasteiger partial charge in [-0.25, -0.2) is 18.2 Å². The number of alkyl carbamates (subject to hydrolysis) is 1. The number of fused-ring (bicyclic) bond motifs is 5. The highest BCUT2D eigenvalue weighted by molar-refractivity contribution is 7.91. The van der Waals surface area contributed by atoms with Crippen molar-refractivity contribution in [2.24, 2.45) is 17.8 Å². The Morgan fingerprint density at radius 1 is 0.985 bits per heavy atom. The largest absolute Gasteiger partial charge is 0.492 e. The van der Waals surface area contributed by atoms with Gasteiger partial charge in [-0.15, -0.1) is 6.58 Å². The number of benzene rings is 1. The first-order chi connectivity index (χ1) is 32.4. The van der Waals surface area contributed by atoms with Crippen LogP contribution in [-0.4, -0.2) is 105 Å². The van der Waals surface area contributed by atoms with Crippen LogP contribution in [0.2, 0.25) is 18.1 Å². The fraction of sp³-hybridized carbons (Fsp3) is 0.667. The lowest BCUT2D eigenvalue weighted by Crippen LogP contribution is -2.59. The van der Waals surface area contributed by atoms with Crippen molar-refractivity contribution >= 4 is 53.1 Å². The summed E-state index contributed by atoms with van der Waals surface area (Å²) >= 11 is 0. The summed E-state index contributed by atoms with van der Waals surface area (Å²) in [5.41, 5.74) is -0.140. The van der Waals surface area contributed by atoms with Gasteiger partial charge in [-0.05, 0) is 126 Å². The third-order valence-corrected chi connectivity index (χ3v) is 22.1. The number of carbonyl (C=O) groups excluding carboxylic acids is 4. The number of nitrogens with zero attached hydrogens (tertiary/aromatic N) is 2. The highest BCUT2D eigenvalue weighted by Crippen LogP contribution is 2.46. The van der Waals surface area contributed by atoms with E-state index >= 15 is 4.79 Å². The molecule has 1 aromatic heterocycles. The summed E-state index contributed by atoms with van der Waals surface area (Å²) in [6, 6.07) is 5.68. The summed E-state index contributed by atoms with van der Waals surface area (Å²) in [6.07, 6.45) is 14.8. The number of nitrogens with one attached hydrogen (secondary N) is 3. The number of hydrogen-bond donors (Lipinski definition) is 3. The van der Waals surface area contributed by atoms with Crippen LogP contribution in [0.1, 0.15) is 123 Å². The van der Waals surface area contributed by atoms with Crippen molar-refractivity contribution in [1.29, 1.82) is 0 Å². The molecule has 17 heteroatoms. The molecule has 4 aliphatic carbocycles. The molecule has 1 aromatic carbocycles. The number of unbranched alkanes of at least 4 members (excludes halogenated alkanes) is 1. The quantitative estimate of drug-likeness (QED) is 0.0952. The summed E-state index contributed by atoms with van der Waals surface area (Å²) in [5.74, 6) is -1.42. The molecular weight excluding hydrogens is 903 g/mol. The first-order valence-corrected chi connectivity index (χ1v) is 29.6. The summed E-state index contributed by atoms with van der Waals surface area (Å²) in [5, 5.41) is 6.19. The van der Waals surface area contributed by atoms with Crippen LogP contribution in [0.15, 0.2) is 49.1 Å². The van der Waals surface area contributed by atoms with Crippen molar-refractivity contribution in [2.75, 3.05) is 19.8 Å². The molecule has 2 bridgehead atoms. The molecule has 68 heavy (non-hydrogen) atoms. The zero-order valence-corrected chi connectivity index (χ0v) is 42.5. The standard InChI is InChI=1S/C51H73N5O10SSi/c1-7-35-31-51(35,48(59)55-67(61,62)37-26-27-37)54-45(57)41-30-36-32-56(41)47(58)43(34-19-11-12-20-34)53-49(60)66-42-25-17-21-33(42)18-9-8-10-23-39-44(38-22-13-14-24-40(38)52-46(39)65-36)63-28-15-16-29-64-68(5,6)50(2,3)4/h7-8,10,13-14,22,24,33-37,41-43H,1,9,11-12,15-21,23,25-32H2,2-6H3,(H,53,60)(H,54,57)(H,55,59)/b10-8+/t33-,35-,36-,41+,42-,43+,51-/m1/s1. The van der Waals surface area contributed by atoms with Gasteiger partial charge in [0.2, 0.25) is 27.7 Å². The molecule has 2 aliphatic heterocycles. The van der Waals surface area contributed by atoms with Crippen molar-refractivity contribution in [2.45, 2.75) is 177 Å². The van der Waals surface area contributed by atoms with E-state index in [0.717, 1.165) is 81.6 Å². The number of amides is 4. The third kappa shape index (κ3) is 11.1. The number of pyridine rings is 1. The molecule has 4 saturated carbocycles. The fourth-order valence-electron chi connectivity index (χ4n) is 10.4. The normalized spacial score (nSPS) is 28.8. The van der Waals surface area contributed by atoms with Crippen LogP contribution >= 0.6 is 0 Å². The van der Waals surface area contributed by atoms with Crippen LogP contribution < -0.4 is 24.8 Å². The molecule has 1 saturated heterocycles. The second-order valence-electron chi connectivity index (χ2n) is 21.6. The lowest BCUT2D eigenvalue weighted by Gasteiger charge is -2.36. The lowest BCUT2D eigenvalue weighted by molar-refractivity contribution is -0.142. The van der Waals surface area contributed by atoms with Crippen LogP contribution in [-0.2, 0) is 40.0 Å². The van der Waals surface area contributed by atoms with Gasteiger partial charge in [0, 0.05) is 24.3 Å². The number of allylic oxidation sites excluding steroid dienone is 2. The number of carbonyl (C=O) groups is 4. The Bertz CT molecular complexity index is 2360. The van der Waals surface area contributed by atoms with Gasteiger partial charge < -0.3 is 34.2 Å². The van der Waals surface area contributed by atoms with Crippen molar-refractivity contribution in [3.8, 4) is 11.6 Å². The van der Waals surface area contributed by atoms with E-state index in [0.29, 0.717) is 49.6 Å². The van der Waals surface area contributed by atoms with Gasteiger partial charge in [-0.1, -0.05) is 64.0 Å². The molecule has 4 amide bonds. The summed E-state index contributed by atoms with van der Waals surface area (Å²) in [4.78, 5) is 64.0. The molecule has 0 radical (unpaired) electrons. The van der Waals surface area contributed by atoms with E-state index in [1.807, 2.05) is 24.3 Å². The minimum absolute atomic E-state index is 0.0179. The van der Waals surface area contributed by atoms with E-state index in [2.05, 4.69) is 68.0 Å². The van der Waals surface area contributed by atoms with Crippen molar-refractivity contribution in [3.63, 3.8) is 0 Å². The van der Waals surface area contributed by atoms with Gasteiger partial charge in [0.25, 0.3) is 5.91 Å². The second kappa shape index (κ2) is 20.5. The molecular formula is C51H73N5O10SSi. The van der Waals surface area contributed by atoms with Gasteiger partial charge in [-0.2, -0.15) is 0 Å². The van der Waals surface area contributed by atoms with Gasteiger partial charge in [0.05, 0.1) is 29.5 Å². The predicted molar refractivity (Wildman–Crippen MR) is 262 cm³/mol. The number of sulfonamides is 1. The number of ether oxygens (including phenoxy) is 3. The first-order valence-electron chi connectivity index (χ1n) is 25.2. The Kier molecular flexibility index (Phi) is 15.0. The van der Waals surface area contributed by atoms with Crippen LogP contribution in [0.4, 0.5) is 4.79 Å². The van der Waals surface area contributed by atoms with Gasteiger partial charge in [-0.3, -0.25) is 19.1 Å².